The number of fused-ring (bicyclic) bond motifs is 14. The predicted molar refractivity (Wildman–Crippen MR) is 212 cm³/mol. The van der Waals surface area contributed by atoms with Crippen molar-refractivity contribution < 1.29 is 0 Å². The monoisotopic (exact) mass is 655 g/mol. The molecule has 0 saturated carbocycles. The van der Waals surface area contributed by atoms with E-state index in [9.17, 15) is 0 Å². The van der Waals surface area contributed by atoms with Gasteiger partial charge in [0.15, 0.2) is 0 Å². The average Bonchev–Trinajstić information content (AvgIpc) is 3.61. The van der Waals surface area contributed by atoms with Gasteiger partial charge in [-0.15, -0.1) is 0 Å². The highest BCUT2D eigenvalue weighted by Crippen LogP contribution is 2.57. The van der Waals surface area contributed by atoms with Crippen molar-refractivity contribution in [1.82, 2.24) is 4.57 Å². The van der Waals surface area contributed by atoms with Gasteiger partial charge in [-0.1, -0.05) is 160 Å². The third-order valence-corrected chi connectivity index (χ3v) is 16.2. The number of hydrogen-bond acceptors (Lipinski definition) is 0. The van der Waals surface area contributed by atoms with Crippen LogP contribution in [0.2, 0.25) is 13.1 Å². The molecule has 2 aliphatic heterocycles. The molecule has 50 heavy (non-hydrogen) atoms. The van der Waals surface area contributed by atoms with Gasteiger partial charge >= 0.3 is 0 Å². The normalized spacial score (nSPS) is 18.4. The molecule has 1 unspecified atom stereocenters. The lowest BCUT2D eigenvalue weighted by atomic mass is 9.62. The Balaban J connectivity index is 1.31. The van der Waals surface area contributed by atoms with Crippen molar-refractivity contribution >= 4 is 40.3 Å². The standard InChI is InChI=1S/C48H37NSi/c1-47(2)35-19-7-5-16-34(35)45-31(17-13-22-38(45)47)30-27-28-44-40(29-30)48(37-21-9-12-26-43(37)50(44,3)4)36-20-8-11-25-42(36)49-41-24-10-6-15-32(41)33-18-14-23-39(48)46(33)49/h5-29H,1-4H3. The third-order valence-electron chi connectivity index (χ3n) is 12.7. The number of aromatic nitrogens is 1. The molecule has 1 aromatic heterocycles. The zero-order chi connectivity index (χ0) is 33.6. The summed E-state index contributed by atoms with van der Waals surface area (Å²) >= 11 is 0. The first-order valence-electron chi connectivity index (χ1n) is 18.0. The van der Waals surface area contributed by atoms with Gasteiger partial charge < -0.3 is 4.57 Å². The largest absolute Gasteiger partial charge is 0.309 e. The second kappa shape index (κ2) is 9.41. The van der Waals surface area contributed by atoms with E-state index in [1.54, 1.807) is 0 Å². The second-order valence-corrected chi connectivity index (χ2v) is 20.0. The summed E-state index contributed by atoms with van der Waals surface area (Å²) < 4.78 is 2.55. The summed E-state index contributed by atoms with van der Waals surface area (Å²) in [6.45, 7) is 9.88. The molecule has 0 radical (unpaired) electrons. The van der Waals surface area contributed by atoms with Crippen LogP contribution in [0.25, 0.3) is 49.7 Å². The Hall–Kier alpha value is -5.44. The van der Waals surface area contributed by atoms with Gasteiger partial charge in [0.1, 0.15) is 8.07 Å². The van der Waals surface area contributed by atoms with Crippen molar-refractivity contribution in [3.05, 3.63) is 185 Å². The average molecular weight is 656 g/mol. The molecule has 0 fully saturated rings. The van der Waals surface area contributed by atoms with E-state index in [-0.39, 0.29) is 5.41 Å². The van der Waals surface area contributed by atoms with Crippen LogP contribution in [0, 0.1) is 0 Å². The van der Waals surface area contributed by atoms with Crippen molar-refractivity contribution in [2.24, 2.45) is 0 Å². The molecule has 3 aliphatic rings. The lowest BCUT2D eigenvalue weighted by Gasteiger charge is -2.49. The van der Waals surface area contributed by atoms with Gasteiger partial charge in [-0.05, 0) is 84.2 Å². The number of nitrogens with zero attached hydrogens (tertiary/aromatic N) is 1. The molecule has 0 bridgehead atoms. The summed E-state index contributed by atoms with van der Waals surface area (Å²) in [4.78, 5) is 0. The fraction of sp³-hybridized carbons (Fsp3) is 0.125. The van der Waals surface area contributed by atoms with E-state index in [0.29, 0.717) is 0 Å². The summed E-state index contributed by atoms with van der Waals surface area (Å²) in [5, 5.41) is 5.70. The predicted octanol–water partition coefficient (Wildman–Crippen LogP) is 10.6. The molecule has 2 heteroatoms. The minimum atomic E-state index is -2.10. The molecule has 7 aromatic carbocycles. The van der Waals surface area contributed by atoms with E-state index in [1.807, 2.05) is 0 Å². The molecular weight excluding hydrogens is 619 g/mol. The Kier molecular flexibility index (Phi) is 5.35. The SMILES string of the molecule is CC1(C)c2ccccc2-c2c(-c3ccc4c(c3)C3(c5ccccc5-n5c6ccccc6c6cccc3c65)c3ccccc3[Si]4(C)C)cccc21. The summed E-state index contributed by atoms with van der Waals surface area (Å²) in [6.07, 6.45) is 0. The van der Waals surface area contributed by atoms with Gasteiger partial charge in [0.2, 0.25) is 0 Å². The van der Waals surface area contributed by atoms with Gasteiger partial charge in [0.25, 0.3) is 0 Å². The number of hydrogen-bond donors (Lipinski definition) is 0. The molecule has 1 spiro atoms. The van der Waals surface area contributed by atoms with Crippen LogP contribution in [-0.4, -0.2) is 12.6 Å². The van der Waals surface area contributed by atoms with E-state index in [4.69, 9.17) is 0 Å². The summed E-state index contributed by atoms with van der Waals surface area (Å²) in [7, 11) is -2.10. The van der Waals surface area contributed by atoms with Gasteiger partial charge in [0, 0.05) is 16.2 Å². The molecular formula is C48H37NSi. The van der Waals surface area contributed by atoms with Crippen molar-refractivity contribution in [2.75, 3.05) is 0 Å². The topological polar surface area (TPSA) is 4.93 Å². The van der Waals surface area contributed by atoms with Crippen LogP contribution in [0.3, 0.4) is 0 Å². The highest BCUT2D eigenvalue weighted by atomic mass is 28.3. The van der Waals surface area contributed by atoms with E-state index < -0.39 is 13.5 Å². The van der Waals surface area contributed by atoms with Gasteiger partial charge in [-0.25, -0.2) is 0 Å². The molecule has 0 N–H and O–H groups in total. The Morgan fingerprint density at radius 1 is 0.480 bits per heavy atom. The summed E-state index contributed by atoms with van der Waals surface area (Å²) in [5.74, 6) is 0. The number of benzene rings is 7. The molecule has 0 saturated heterocycles. The third kappa shape index (κ3) is 3.20. The van der Waals surface area contributed by atoms with E-state index in [1.165, 1.54) is 93.5 Å². The van der Waals surface area contributed by atoms with Crippen molar-refractivity contribution in [3.63, 3.8) is 0 Å². The molecule has 0 amide bonds. The highest BCUT2D eigenvalue weighted by Gasteiger charge is 2.53. The second-order valence-electron chi connectivity index (χ2n) is 15.7. The van der Waals surface area contributed by atoms with Crippen LogP contribution < -0.4 is 10.4 Å². The number of rotatable bonds is 1. The van der Waals surface area contributed by atoms with Crippen molar-refractivity contribution in [1.29, 1.82) is 0 Å². The Labute approximate surface area is 294 Å². The first-order chi connectivity index (χ1) is 24.3. The van der Waals surface area contributed by atoms with Gasteiger partial charge in [0.05, 0.1) is 22.1 Å². The van der Waals surface area contributed by atoms with Crippen molar-refractivity contribution in [3.8, 4) is 27.9 Å². The quantitative estimate of drug-likeness (QED) is 0.155. The van der Waals surface area contributed by atoms with E-state index in [0.717, 1.165) is 0 Å². The molecule has 11 rings (SSSR count). The Morgan fingerprint density at radius 2 is 1.10 bits per heavy atom. The smallest absolute Gasteiger partial charge is 0.113 e. The van der Waals surface area contributed by atoms with Crippen LogP contribution in [0.15, 0.2) is 152 Å². The lowest BCUT2D eigenvalue weighted by Crippen LogP contribution is -2.63. The number of para-hydroxylation sites is 3. The zero-order valence-electron chi connectivity index (χ0n) is 28.9. The fourth-order valence-corrected chi connectivity index (χ4v) is 13.7. The highest BCUT2D eigenvalue weighted by molar-refractivity contribution is 7.01. The van der Waals surface area contributed by atoms with Crippen LogP contribution in [0.5, 0.6) is 0 Å². The van der Waals surface area contributed by atoms with E-state index >= 15 is 0 Å². The molecule has 1 atom stereocenters. The Morgan fingerprint density at radius 3 is 1.98 bits per heavy atom. The van der Waals surface area contributed by atoms with Crippen LogP contribution >= 0.6 is 0 Å². The first kappa shape index (κ1) is 28.4. The molecule has 1 aliphatic carbocycles. The van der Waals surface area contributed by atoms with Crippen LogP contribution in [0.4, 0.5) is 0 Å². The maximum atomic E-state index is 2.61. The fourth-order valence-electron chi connectivity index (χ4n) is 10.5. The minimum Gasteiger partial charge on any atom is -0.309 e. The van der Waals surface area contributed by atoms with Gasteiger partial charge in [-0.2, -0.15) is 0 Å². The summed E-state index contributed by atoms with van der Waals surface area (Å²) in [6, 6.07) is 58.3. The van der Waals surface area contributed by atoms with Crippen LogP contribution in [-0.2, 0) is 10.8 Å². The minimum absolute atomic E-state index is 0.0451. The summed E-state index contributed by atoms with van der Waals surface area (Å²) in [5.41, 5.74) is 17.2. The lowest BCUT2D eigenvalue weighted by molar-refractivity contribution is 0.660. The van der Waals surface area contributed by atoms with Crippen LogP contribution in [0.1, 0.15) is 47.2 Å². The maximum Gasteiger partial charge on any atom is 0.113 e. The van der Waals surface area contributed by atoms with E-state index in [2.05, 4.69) is 183 Å². The molecule has 8 aromatic rings. The first-order valence-corrected chi connectivity index (χ1v) is 21.0. The molecule has 238 valence electrons. The zero-order valence-corrected chi connectivity index (χ0v) is 29.9. The maximum absolute atomic E-state index is 2.61. The molecule has 1 nitrogen and oxygen atoms in total. The molecule has 3 heterocycles. The Bertz CT molecular complexity index is 2780. The van der Waals surface area contributed by atoms with Gasteiger partial charge in [-0.3, -0.25) is 0 Å². The van der Waals surface area contributed by atoms with Crippen molar-refractivity contribution in [2.45, 2.75) is 37.8 Å².